The highest BCUT2D eigenvalue weighted by atomic mass is 79.9. The smallest absolute Gasteiger partial charge is 0.162 e. The number of ether oxygens (including phenoxy) is 2. The van der Waals surface area contributed by atoms with Crippen molar-refractivity contribution in [1.29, 1.82) is 0 Å². The Morgan fingerprint density at radius 2 is 1.86 bits per heavy atom. The van der Waals surface area contributed by atoms with Gasteiger partial charge >= 0.3 is 0 Å². The lowest BCUT2D eigenvalue weighted by Gasteiger charge is -2.26. The Morgan fingerprint density at radius 1 is 1.19 bits per heavy atom. The highest BCUT2D eigenvalue weighted by Crippen LogP contribution is 2.37. The molecule has 1 saturated carbocycles. The molecular formula is C17H24BrNO2. The van der Waals surface area contributed by atoms with Crippen molar-refractivity contribution in [3.8, 4) is 11.5 Å². The standard InChI is InChI=1S/C17H24BrNO2/c1-17(2,11-19-13-3-4-13)6-5-12-9-15-16(10-14(12)18)21-8-7-20-15/h9-10,13,19H,3-8,11H2,1-2H3. The van der Waals surface area contributed by atoms with Crippen molar-refractivity contribution < 1.29 is 9.47 Å². The number of aryl methyl sites for hydroxylation is 1. The normalized spacial score (nSPS) is 17.9. The van der Waals surface area contributed by atoms with Gasteiger partial charge < -0.3 is 14.8 Å². The fourth-order valence-electron chi connectivity index (χ4n) is 2.57. The van der Waals surface area contributed by atoms with Crippen molar-refractivity contribution >= 4 is 15.9 Å². The minimum Gasteiger partial charge on any atom is -0.486 e. The molecule has 1 heterocycles. The van der Waals surface area contributed by atoms with Crippen LogP contribution in [0.15, 0.2) is 16.6 Å². The van der Waals surface area contributed by atoms with Gasteiger partial charge in [-0.25, -0.2) is 0 Å². The average molecular weight is 354 g/mol. The van der Waals surface area contributed by atoms with Crippen molar-refractivity contribution in [2.75, 3.05) is 19.8 Å². The Labute approximate surface area is 135 Å². The first kappa shape index (κ1) is 15.2. The van der Waals surface area contributed by atoms with Crippen LogP contribution in [0.25, 0.3) is 0 Å². The summed E-state index contributed by atoms with van der Waals surface area (Å²) in [4.78, 5) is 0. The molecule has 1 aliphatic heterocycles. The van der Waals surface area contributed by atoms with Crippen molar-refractivity contribution in [1.82, 2.24) is 5.32 Å². The van der Waals surface area contributed by atoms with E-state index in [9.17, 15) is 0 Å². The predicted octanol–water partition coefficient (Wildman–Crippen LogP) is 3.93. The third-order valence-corrected chi connectivity index (χ3v) is 4.97. The summed E-state index contributed by atoms with van der Waals surface area (Å²) in [6, 6.07) is 4.95. The number of benzene rings is 1. The molecule has 21 heavy (non-hydrogen) atoms. The zero-order chi connectivity index (χ0) is 14.9. The topological polar surface area (TPSA) is 30.5 Å². The van der Waals surface area contributed by atoms with Crippen LogP contribution in [0.3, 0.4) is 0 Å². The summed E-state index contributed by atoms with van der Waals surface area (Å²) in [6.07, 6.45) is 4.91. The maximum Gasteiger partial charge on any atom is 0.162 e. The first-order chi connectivity index (χ1) is 10.0. The number of hydrogen-bond donors (Lipinski definition) is 1. The van der Waals surface area contributed by atoms with Crippen molar-refractivity contribution in [3.05, 3.63) is 22.2 Å². The summed E-state index contributed by atoms with van der Waals surface area (Å²) in [7, 11) is 0. The van der Waals surface area contributed by atoms with E-state index in [-0.39, 0.29) is 0 Å². The van der Waals surface area contributed by atoms with E-state index in [0.717, 1.165) is 41.4 Å². The van der Waals surface area contributed by atoms with Crippen LogP contribution in [0.4, 0.5) is 0 Å². The Balaban J connectivity index is 1.61. The van der Waals surface area contributed by atoms with Gasteiger partial charge in [-0.2, -0.15) is 0 Å². The number of fused-ring (bicyclic) bond motifs is 1. The van der Waals surface area contributed by atoms with Crippen LogP contribution in [0.1, 0.15) is 38.7 Å². The summed E-state index contributed by atoms with van der Waals surface area (Å²) in [6.45, 7) is 7.06. The van der Waals surface area contributed by atoms with Crippen LogP contribution < -0.4 is 14.8 Å². The molecule has 1 aromatic carbocycles. The third-order valence-electron chi connectivity index (χ3n) is 4.23. The molecule has 0 spiro atoms. The monoisotopic (exact) mass is 353 g/mol. The largest absolute Gasteiger partial charge is 0.486 e. The fraction of sp³-hybridized carbons (Fsp3) is 0.647. The van der Waals surface area contributed by atoms with Gasteiger partial charge in [0, 0.05) is 17.1 Å². The van der Waals surface area contributed by atoms with Gasteiger partial charge in [-0.05, 0) is 48.8 Å². The first-order valence-electron chi connectivity index (χ1n) is 7.85. The summed E-state index contributed by atoms with van der Waals surface area (Å²) in [5, 5.41) is 3.64. The minimum atomic E-state index is 0.315. The Morgan fingerprint density at radius 3 is 2.52 bits per heavy atom. The molecule has 3 rings (SSSR count). The van der Waals surface area contributed by atoms with E-state index in [2.05, 4.69) is 41.2 Å². The molecule has 0 bridgehead atoms. The van der Waals surface area contributed by atoms with Crippen molar-refractivity contribution in [3.63, 3.8) is 0 Å². The van der Waals surface area contributed by atoms with Crippen LogP contribution in [-0.2, 0) is 6.42 Å². The first-order valence-corrected chi connectivity index (χ1v) is 8.64. The van der Waals surface area contributed by atoms with E-state index in [1.807, 2.05) is 6.07 Å². The molecule has 1 aromatic rings. The van der Waals surface area contributed by atoms with Crippen LogP contribution in [0.2, 0.25) is 0 Å². The van der Waals surface area contributed by atoms with Gasteiger partial charge in [-0.1, -0.05) is 29.8 Å². The summed E-state index contributed by atoms with van der Waals surface area (Å²) in [5.41, 5.74) is 1.62. The number of hydrogen-bond acceptors (Lipinski definition) is 3. The van der Waals surface area contributed by atoms with Gasteiger partial charge in [0.25, 0.3) is 0 Å². The highest BCUT2D eigenvalue weighted by Gasteiger charge is 2.25. The number of rotatable bonds is 6. The summed E-state index contributed by atoms with van der Waals surface area (Å²) in [5.74, 6) is 1.74. The molecule has 4 heteroatoms. The van der Waals surface area contributed by atoms with Gasteiger partial charge in [-0.15, -0.1) is 0 Å². The second kappa shape index (κ2) is 6.17. The molecular weight excluding hydrogens is 330 g/mol. The maximum absolute atomic E-state index is 5.68. The van der Waals surface area contributed by atoms with Gasteiger partial charge in [0.05, 0.1) is 0 Å². The minimum absolute atomic E-state index is 0.315. The Bertz CT molecular complexity index is 512. The Hall–Kier alpha value is -0.740. The zero-order valence-corrected chi connectivity index (χ0v) is 14.5. The van der Waals surface area contributed by atoms with Crippen LogP contribution in [-0.4, -0.2) is 25.8 Å². The molecule has 0 amide bonds. The quantitative estimate of drug-likeness (QED) is 0.840. The molecule has 3 nitrogen and oxygen atoms in total. The molecule has 0 radical (unpaired) electrons. The average Bonchev–Trinajstić information content (AvgIpc) is 3.27. The van der Waals surface area contributed by atoms with Gasteiger partial charge in [0.2, 0.25) is 0 Å². The van der Waals surface area contributed by atoms with Gasteiger partial charge in [0.15, 0.2) is 11.5 Å². The lowest BCUT2D eigenvalue weighted by atomic mass is 9.86. The molecule has 0 unspecified atom stereocenters. The third kappa shape index (κ3) is 4.13. The van der Waals surface area contributed by atoms with E-state index in [4.69, 9.17) is 9.47 Å². The van der Waals surface area contributed by atoms with E-state index in [0.29, 0.717) is 18.6 Å². The highest BCUT2D eigenvalue weighted by molar-refractivity contribution is 9.10. The van der Waals surface area contributed by atoms with E-state index < -0.39 is 0 Å². The molecule has 0 aromatic heterocycles. The molecule has 1 N–H and O–H groups in total. The molecule has 1 aliphatic carbocycles. The van der Waals surface area contributed by atoms with Crippen LogP contribution in [0.5, 0.6) is 11.5 Å². The summed E-state index contributed by atoms with van der Waals surface area (Å²) >= 11 is 3.66. The number of nitrogens with one attached hydrogen (secondary N) is 1. The lowest BCUT2D eigenvalue weighted by molar-refractivity contribution is 0.171. The second-order valence-corrected chi connectivity index (χ2v) is 7.76. The van der Waals surface area contributed by atoms with Crippen LogP contribution in [0, 0.1) is 5.41 Å². The second-order valence-electron chi connectivity index (χ2n) is 6.91. The van der Waals surface area contributed by atoms with Crippen molar-refractivity contribution in [2.45, 2.75) is 45.6 Å². The maximum atomic E-state index is 5.68. The fourth-order valence-corrected chi connectivity index (χ4v) is 3.09. The Kier molecular flexibility index (Phi) is 4.46. The molecule has 116 valence electrons. The van der Waals surface area contributed by atoms with Gasteiger partial charge in [0.1, 0.15) is 13.2 Å². The predicted molar refractivity (Wildman–Crippen MR) is 88.3 cm³/mol. The molecule has 1 fully saturated rings. The van der Waals surface area contributed by atoms with E-state index in [1.54, 1.807) is 0 Å². The van der Waals surface area contributed by atoms with Crippen molar-refractivity contribution in [2.24, 2.45) is 5.41 Å². The molecule has 0 saturated heterocycles. The lowest BCUT2D eigenvalue weighted by Crippen LogP contribution is -2.31. The molecule has 0 atom stereocenters. The number of halogens is 1. The molecule has 2 aliphatic rings. The van der Waals surface area contributed by atoms with E-state index in [1.165, 1.54) is 18.4 Å². The SMILES string of the molecule is CC(C)(CCc1cc2c(cc1Br)OCCO2)CNC1CC1. The van der Waals surface area contributed by atoms with Crippen LogP contribution >= 0.6 is 15.9 Å². The van der Waals surface area contributed by atoms with E-state index >= 15 is 0 Å². The zero-order valence-electron chi connectivity index (χ0n) is 12.9. The summed E-state index contributed by atoms with van der Waals surface area (Å²) < 4.78 is 12.4. The van der Waals surface area contributed by atoms with Gasteiger partial charge in [-0.3, -0.25) is 0 Å².